The van der Waals surface area contributed by atoms with Crippen molar-refractivity contribution in [3.63, 3.8) is 0 Å². The molecule has 0 amide bonds. The summed E-state index contributed by atoms with van der Waals surface area (Å²) in [7, 11) is -8.30. The largest absolute Gasteiger partial charge is 1.00 e. The molecular weight excluding hydrogens is 323 g/mol. The molecule has 0 N–H and O–H groups in total. The number of rotatable bonds is 3. The Morgan fingerprint density at radius 3 is 2.60 bits per heavy atom. The average molecular weight is 334 g/mol. The predicted octanol–water partition coefficient (Wildman–Crippen LogP) is -4.42. The summed E-state index contributed by atoms with van der Waals surface area (Å²) in [4.78, 5) is 11.3. The Hall–Kier alpha value is 0.290. The molecule has 8 nitrogen and oxygen atoms in total. The molecule has 0 radical (unpaired) electrons. The van der Waals surface area contributed by atoms with Gasteiger partial charge in [0, 0.05) is 11.8 Å². The summed E-state index contributed by atoms with van der Waals surface area (Å²) in [6, 6.07) is 0. The molecule has 1 aliphatic heterocycles. The van der Waals surface area contributed by atoms with Crippen LogP contribution in [0.3, 0.4) is 0 Å². The first-order valence-corrected chi connectivity index (χ1v) is 8.77. The SMILES string of the molecule is O=C(CS(=O)(=O)[O-])OC1C2CC3C1OS(=O)(=O)C3C2.[Na+]. The molecule has 5 atom stereocenters. The molecule has 3 aliphatic rings. The molecule has 0 aromatic heterocycles. The molecule has 0 spiro atoms. The molecule has 1 heterocycles. The first kappa shape index (κ1) is 16.7. The molecule has 11 heteroatoms. The maximum atomic E-state index is 11.6. The van der Waals surface area contributed by atoms with Gasteiger partial charge in [0.15, 0.2) is 0 Å². The minimum absolute atomic E-state index is 0. The summed E-state index contributed by atoms with van der Waals surface area (Å²) < 4.78 is 64.5. The predicted molar refractivity (Wildman–Crippen MR) is 58.2 cm³/mol. The van der Waals surface area contributed by atoms with Crippen LogP contribution in [0.5, 0.6) is 0 Å². The number of fused-ring (bicyclic) bond motifs is 1. The molecule has 2 saturated carbocycles. The number of esters is 1. The van der Waals surface area contributed by atoms with E-state index in [4.69, 9.17) is 8.92 Å². The molecule has 5 unspecified atom stereocenters. The number of carbonyl (C=O) groups excluding carboxylic acids is 1. The van der Waals surface area contributed by atoms with Crippen LogP contribution >= 0.6 is 0 Å². The van der Waals surface area contributed by atoms with Crippen LogP contribution in [0.15, 0.2) is 0 Å². The maximum absolute atomic E-state index is 11.6. The van der Waals surface area contributed by atoms with Crippen molar-refractivity contribution < 1.29 is 64.7 Å². The van der Waals surface area contributed by atoms with Crippen molar-refractivity contribution in [1.82, 2.24) is 0 Å². The van der Waals surface area contributed by atoms with Gasteiger partial charge in [-0.2, -0.15) is 8.42 Å². The van der Waals surface area contributed by atoms with Crippen LogP contribution in [0.2, 0.25) is 0 Å². The van der Waals surface area contributed by atoms with Crippen LogP contribution < -0.4 is 29.6 Å². The van der Waals surface area contributed by atoms with Gasteiger partial charge in [-0.1, -0.05) is 0 Å². The third-order valence-corrected chi connectivity index (χ3v) is 6.34. The number of hydrogen-bond acceptors (Lipinski definition) is 8. The van der Waals surface area contributed by atoms with Gasteiger partial charge in [-0.25, -0.2) is 8.42 Å². The third kappa shape index (κ3) is 2.79. The molecule has 108 valence electrons. The van der Waals surface area contributed by atoms with Gasteiger partial charge in [0.25, 0.3) is 10.1 Å². The van der Waals surface area contributed by atoms with E-state index in [1.807, 2.05) is 0 Å². The Morgan fingerprint density at radius 1 is 1.35 bits per heavy atom. The van der Waals surface area contributed by atoms with Crippen molar-refractivity contribution in [2.75, 3.05) is 5.75 Å². The average Bonchev–Trinajstić information content (AvgIpc) is 2.78. The second-order valence-electron chi connectivity index (χ2n) is 5.14. The van der Waals surface area contributed by atoms with E-state index in [1.165, 1.54) is 0 Å². The van der Waals surface area contributed by atoms with Gasteiger partial charge in [-0.15, -0.1) is 0 Å². The van der Waals surface area contributed by atoms with Crippen molar-refractivity contribution in [3.05, 3.63) is 0 Å². The minimum atomic E-state index is -4.70. The minimum Gasteiger partial charge on any atom is -0.748 e. The molecule has 2 aliphatic carbocycles. The fraction of sp³-hybridized carbons (Fsp3) is 0.889. The normalized spacial score (nSPS) is 40.4. The Bertz CT molecular complexity index is 626. The fourth-order valence-electron chi connectivity index (χ4n) is 3.37. The van der Waals surface area contributed by atoms with Crippen LogP contribution in [0.1, 0.15) is 12.8 Å². The van der Waals surface area contributed by atoms with Crippen molar-refractivity contribution in [1.29, 1.82) is 0 Å². The molecular formula is C9H11NaO8S2. The van der Waals surface area contributed by atoms with E-state index in [2.05, 4.69) is 0 Å². The number of ether oxygens (including phenoxy) is 1. The van der Waals surface area contributed by atoms with Gasteiger partial charge in [-0.05, 0) is 12.8 Å². The van der Waals surface area contributed by atoms with Gasteiger partial charge >= 0.3 is 35.5 Å². The summed E-state index contributed by atoms with van der Waals surface area (Å²) >= 11 is 0. The Morgan fingerprint density at radius 2 is 2.00 bits per heavy atom. The van der Waals surface area contributed by atoms with E-state index in [9.17, 15) is 26.2 Å². The van der Waals surface area contributed by atoms with E-state index < -0.39 is 49.4 Å². The van der Waals surface area contributed by atoms with Crippen LogP contribution in [0.4, 0.5) is 0 Å². The molecule has 0 aromatic carbocycles. The summed E-state index contributed by atoms with van der Waals surface area (Å²) in [6.07, 6.45) is -0.567. The molecule has 0 aromatic rings. The quantitative estimate of drug-likeness (QED) is 0.219. The molecule has 2 bridgehead atoms. The Balaban J connectivity index is 0.00000147. The van der Waals surface area contributed by atoms with E-state index in [-0.39, 0.29) is 41.4 Å². The van der Waals surface area contributed by atoms with Crippen LogP contribution in [0, 0.1) is 11.8 Å². The first-order valence-electron chi connectivity index (χ1n) is 5.72. The third-order valence-electron chi connectivity index (χ3n) is 3.98. The maximum Gasteiger partial charge on any atom is 1.00 e. The Kier molecular flexibility index (Phi) is 4.32. The zero-order valence-corrected chi connectivity index (χ0v) is 14.2. The van der Waals surface area contributed by atoms with Crippen molar-refractivity contribution in [2.45, 2.75) is 30.3 Å². The van der Waals surface area contributed by atoms with E-state index in [1.54, 1.807) is 0 Å². The molecule has 1 saturated heterocycles. The van der Waals surface area contributed by atoms with Gasteiger partial charge in [0.2, 0.25) is 0 Å². The van der Waals surface area contributed by atoms with E-state index >= 15 is 0 Å². The summed E-state index contributed by atoms with van der Waals surface area (Å²) in [6.45, 7) is 0. The van der Waals surface area contributed by atoms with Crippen LogP contribution in [-0.2, 0) is 34.0 Å². The standard InChI is InChI=1S/C9H12O8S2.Na/c10-7(3-18(11,12)13)16-8-4-1-5-6(2-4)19(14,15)17-9(5)8;/h4-6,8-9H,1-3H2,(H,11,12,13);/q;+1/p-1. The van der Waals surface area contributed by atoms with Gasteiger partial charge in [0.1, 0.15) is 28.1 Å². The fourth-order valence-corrected chi connectivity index (χ4v) is 5.61. The monoisotopic (exact) mass is 334 g/mol. The van der Waals surface area contributed by atoms with Gasteiger partial charge in [-0.3, -0.25) is 8.98 Å². The van der Waals surface area contributed by atoms with Crippen molar-refractivity contribution in [3.8, 4) is 0 Å². The van der Waals surface area contributed by atoms with E-state index in [0.717, 1.165) is 0 Å². The van der Waals surface area contributed by atoms with Crippen LogP contribution in [-0.4, -0.2) is 50.6 Å². The molecule has 3 fully saturated rings. The topological polar surface area (TPSA) is 127 Å². The van der Waals surface area contributed by atoms with Gasteiger partial charge in [0.05, 0.1) is 5.25 Å². The summed E-state index contributed by atoms with van der Waals surface area (Å²) in [5, 5.41) is -0.541. The second kappa shape index (κ2) is 5.18. The zero-order valence-electron chi connectivity index (χ0n) is 10.6. The van der Waals surface area contributed by atoms with Crippen LogP contribution in [0.25, 0.3) is 0 Å². The van der Waals surface area contributed by atoms with E-state index in [0.29, 0.717) is 12.8 Å². The number of hydrogen-bond donors (Lipinski definition) is 0. The number of carbonyl (C=O) groups is 1. The van der Waals surface area contributed by atoms with Gasteiger partial charge < -0.3 is 9.29 Å². The zero-order chi connectivity index (χ0) is 14.0. The summed E-state index contributed by atoms with van der Waals surface area (Å²) in [5.74, 6) is -2.74. The molecule has 20 heavy (non-hydrogen) atoms. The summed E-state index contributed by atoms with van der Waals surface area (Å²) in [5.41, 5.74) is 0. The van der Waals surface area contributed by atoms with Crippen molar-refractivity contribution in [2.24, 2.45) is 11.8 Å². The molecule has 3 rings (SSSR count). The smallest absolute Gasteiger partial charge is 0.748 e. The first-order chi connectivity index (χ1) is 8.67. The Labute approximate surface area is 138 Å². The van der Waals surface area contributed by atoms with Crippen molar-refractivity contribution >= 4 is 26.2 Å². The second-order valence-corrected chi connectivity index (χ2v) is 8.33.